The molecule has 0 unspecified atom stereocenters. The molecule has 0 N–H and O–H groups in total. The summed E-state index contributed by atoms with van der Waals surface area (Å²) in [5.74, 6) is -2.35. The van der Waals surface area contributed by atoms with Gasteiger partial charge in [-0.2, -0.15) is 0 Å². The molecule has 0 fully saturated rings. The van der Waals surface area contributed by atoms with Crippen molar-refractivity contribution in [3.63, 3.8) is 0 Å². The van der Waals surface area contributed by atoms with Crippen LogP contribution in [0.25, 0.3) is 0 Å². The molecule has 19 heavy (non-hydrogen) atoms. The van der Waals surface area contributed by atoms with E-state index in [4.69, 9.17) is 0 Å². The van der Waals surface area contributed by atoms with Gasteiger partial charge in [0.1, 0.15) is 0 Å². The fraction of sp³-hybridized carbons (Fsp3) is 0.533. The van der Waals surface area contributed by atoms with E-state index in [9.17, 15) is 13.6 Å². The van der Waals surface area contributed by atoms with Crippen molar-refractivity contribution in [2.45, 2.75) is 33.1 Å². The van der Waals surface area contributed by atoms with Crippen molar-refractivity contribution >= 4 is 5.78 Å². The molecule has 2 nitrogen and oxygen atoms in total. The Labute approximate surface area is 113 Å². The smallest absolute Gasteiger partial charge is 0.169 e. The highest BCUT2D eigenvalue weighted by Gasteiger charge is 2.15. The summed E-state index contributed by atoms with van der Waals surface area (Å²) < 4.78 is 26.5. The van der Waals surface area contributed by atoms with Gasteiger partial charge in [0.15, 0.2) is 17.4 Å². The van der Waals surface area contributed by atoms with E-state index in [1.165, 1.54) is 12.1 Å². The van der Waals surface area contributed by atoms with Crippen LogP contribution < -0.4 is 0 Å². The van der Waals surface area contributed by atoms with E-state index in [1.807, 2.05) is 6.92 Å². The number of ketones is 1. The first kappa shape index (κ1) is 15.8. The zero-order valence-corrected chi connectivity index (χ0v) is 11.6. The van der Waals surface area contributed by atoms with Crippen molar-refractivity contribution in [2.24, 2.45) is 0 Å². The molecule has 106 valence electrons. The van der Waals surface area contributed by atoms with Gasteiger partial charge in [0.05, 0.1) is 5.56 Å². The Bertz CT molecular complexity index is 421. The predicted octanol–water partition coefficient (Wildman–Crippen LogP) is 3.66. The van der Waals surface area contributed by atoms with Gasteiger partial charge in [0, 0.05) is 13.0 Å². The molecule has 0 spiro atoms. The lowest BCUT2D eigenvalue weighted by atomic mass is 10.1. The van der Waals surface area contributed by atoms with Crippen LogP contribution in [-0.4, -0.2) is 30.3 Å². The van der Waals surface area contributed by atoms with Crippen molar-refractivity contribution in [2.75, 3.05) is 19.6 Å². The molecule has 4 heteroatoms. The number of hydrogen-bond donors (Lipinski definition) is 0. The number of carbonyl (C=O) groups excluding carboxylic acids is 1. The predicted molar refractivity (Wildman–Crippen MR) is 72.3 cm³/mol. The normalized spacial score (nSPS) is 11.0. The molecule has 1 aromatic carbocycles. The van der Waals surface area contributed by atoms with Gasteiger partial charge in [-0.25, -0.2) is 8.78 Å². The number of halogens is 2. The molecule has 0 saturated carbocycles. The minimum absolute atomic E-state index is 0.147. The van der Waals surface area contributed by atoms with Gasteiger partial charge in [-0.1, -0.05) is 26.3 Å². The molecule has 1 aromatic rings. The fourth-order valence-electron chi connectivity index (χ4n) is 1.92. The van der Waals surface area contributed by atoms with Gasteiger partial charge in [-0.15, -0.1) is 0 Å². The summed E-state index contributed by atoms with van der Waals surface area (Å²) in [6.07, 6.45) is 2.40. The molecule has 0 aliphatic carbocycles. The molecule has 0 aliphatic rings. The third kappa shape index (κ3) is 4.71. The summed E-state index contributed by atoms with van der Waals surface area (Å²) in [6.45, 7) is 6.53. The van der Waals surface area contributed by atoms with Crippen LogP contribution in [0.2, 0.25) is 0 Å². The molecular formula is C15H21F2NO. The van der Waals surface area contributed by atoms with Crippen LogP contribution in [0.5, 0.6) is 0 Å². The lowest BCUT2D eigenvalue weighted by molar-refractivity contribution is 0.0960. The summed E-state index contributed by atoms with van der Waals surface area (Å²) in [6, 6.07) is 3.72. The minimum atomic E-state index is -1.04. The maximum atomic E-state index is 13.5. The number of carbonyl (C=O) groups is 1. The monoisotopic (exact) mass is 269 g/mol. The van der Waals surface area contributed by atoms with E-state index < -0.39 is 11.6 Å². The standard InChI is InChI=1S/C15H21F2NO/c1-3-5-10-18(4-2)11-9-14(19)12-7-6-8-13(16)15(12)17/h6-8H,3-5,9-11H2,1-2H3. The molecule has 0 saturated heterocycles. The van der Waals surface area contributed by atoms with E-state index in [2.05, 4.69) is 11.8 Å². The Hall–Kier alpha value is -1.29. The molecular weight excluding hydrogens is 248 g/mol. The third-order valence-electron chi connectivity index (χ3n) is 3.18. The maximum absolute atomic E-state index is 13.5. The largest absolute Gasteiger partial charge is 0.303 e. The molecule has 0 aromatic heterocycles. The summed E-state index contributed by atoms with van der Waals surface area (Å²) in [5.41, 5.74) is -0.147. The topological polar surface area (TPSA) is 20.3 Å². The van der Waals surface area contributed by atoms with Gasteiger partial charge in [0.2, 0.25) is 0 Å². The Kier molecular flexibility index (Phi) is 6.64. The zero-order valence-electron chi connectivity index (χ0n) is 11.6. The number of nitrogens with zero attached hydrogens (tertiary/aromatic N) is 1. The van der Waals surface area contributed by atoms with E-state index in [1.54, 1.807) is 0 Å². The van der Waals surface area contributed by atoms with Crippen molar-refractivity contribution in [3.05, 3.63) is 35.4 Å². The number of unbranched alkanes of at least 4 members (excludes halogenated alkanes) is 1. The first-order valence-electron chi connectivity index (χ1n) is 6.79. The van der Waals surface area contributed by atoms with Crippen LogP contribution in [0.1, 0.15) is 43.5 Å². The van der Waals surface area contributed by atoms with Gasteiger partial charge in [-0.05, 0) is 31.6 Å². The van der Waals surface area contributed by atoms with Crippen LogP contribution in [0, 0.1) is 11.6 Å². The Morgan fingerprint density at radius 3 is 2.58 bits per heavy atom. The lowest BCUT2D eigenvalue weighted by Gasteiger charge is -2.19. The molecule has 0 bridgehead atoms. The van der Waals surface area contributed by atoms with Gasteiger partial charge >= 0.3 is 0 Å². The van der Waals surface area contributed by atoms with E-state index in [0.29, 0.717) is 6.54 Å². The van der Waals surface area contributed by atoms with E-state index in [0.717, 1.165) is 32.0 Å². The molecule has 1 rings (SSSR count). The van der Waals surface area contributed by atoms with Crippen molar-refractivity contribution in [3.8, 4) is 0 Å². The van der Waals surface area contributed by atoms with Gasteiger partial charge in [0.25, 0.3) is 0 Å². The maximum Gasteiger partial charge on any atom is 0.169 e. The van der Waals surface area contributed by atoms with Crippen molar-refractivity contribution in [1.82, 2.24) is 4.90 Å². The van der Waals surface area contributed by atoms with Crippen LogP contribution in [0.15, 0.2) is 18.2 Å². The minimum Gasteiger partial charge on any atom is -0.303 e. The zero-order chi connectivity index (χ0) is 14.3. The highest BCUT2D eigenvalue weighted by Crippen LogP contribution is 2.13. The van der Waals surface area contributed by atoms with Crippen LogP contribution in [0.4, 0.5) is 8.78 Å². The average molecular weight is 269 g/mol. The van der Waals surface area contributed by atoms with E-state index in [-0.39, 0.29) is 17.8 Å². The SMILES string of the molecule is CCCCN(CC)CCC(=O)c1cccc(F)c1F. The Morgan fingerprint density at radius 2 is 1.95 bits per heavy atom. The second-order valence-electron chi connectivity index (χ2n) is 4.56. The lowest BCUT2D eigenvalue weighted by Crippen LogP contribution is -2.27. The van der Waals surface area contributed by atoms with Crippen molar-refractivity contribution in [1.29, 1.82) is 0 Å². The van der Waals surface area contributed by atoms with Crippen LogP contribution in [-0.2, 0) is 0 Å². The highest BCUT2D eigenvalue weighted by molar-refractivity contribution is 5.96. The second kappa shape index (κ2) is 8.00. The Balaban J connectivity index is 2.57. The van der Waals surface area contributed by atoms with Crippen LogP contribution in [0.3, 0.4) is 0 Å². The van der Waals surface area contributed by atoms with Crippen molar-refractivity contribution < 1.29 is 13.6 Å². The van der Waals surface area contributed by atoms with Gasteiger partial charge in [-0.3, -0.25) is 4.79 Å². The first-order valence-corrected chi connectivity index (χ1v) is 6.79. The van der Waals surface area contributed by atoms with Gasteiger partial charge < -0.3 is 4.90 Å². The molecule has 0 radical (unpaired) electrons. The third-order valence-corrected chi connectivity index (χ3v) is 3.18. The number of rotatable bonds is 8. The Morgan fingerprint density at radius 1 is 1.21 bits per heavy atom. The second-order valence-corrected chi connectivity index (χ2v) is 4.56. The highest BCUT2D eigenvalue weighted by atomic mass is 19.2. The summed E-state index contributed by atoms with van der Waals surface area (Å²) >= 11 is 0. The molecule has 0 amide bonds. The quantitative estimate of drug-likeness (QED) is 0.671. The number of benzene rings is 1. The number of hydrogen-bond acceptors (Lipinski definition) is 2. The van der Waals surface area contributed by atoms with Crippen LogP contribution >= 0.6 is 0 Å². The molecule has 0 atom stereocenters. The first-order chi connectivity index (χ1) is 9.10. The molecule has 0 heterocycles. The fourth-order valence-corrected chi connectivity index (χ4v) is 1.92. The molecule has 0 aliphatic heterocycles. The summed E-state index contributed by atoms with van der Waals surface area (Å²) in [5, 5.41) is 0. The summed E-state index contributed by atoms with van der Waals surface area (Å²) in [7, 11) is 0. The summed E-state index contributed by atoms with van der Waals surface area (Å²) in [4.78, 5) is 14.0. The van der Waals surface area contributed by atoms with E-state index >= 15 is 0 Å². The number of Topliss-reactive ketones (excluding diaryl/α,β-unsaturated/α-hetero) is 1. The average Bonchev–Trinajstić information content (AvgIpc) is 2.42.